The summed E-state index contributed by atoms with van der Waals surface area (Å²) in [5, 5.41) is 7.70. The van der Waals surface area contributed by atoms with Gasteiger partial charge in [-0.2, -0.15) is 5.53 Å². The maximum absolute atomic E-state index is 6.80. The highest BCUT2D eigenvalue weighted by atomic mass is 16.5. The lowest BCUT2D eigenvalue weighted by Gasteiger charge is -2.07. The van der Waals surface area contributed by atoms with Gasteiger partial charge < -0.3 is 10.5 Å². The zero-order chi connectivity index (χ0) is 22.2. The molecule has 0 radical (unpaired) electrons. The van der Waals surface area contributed by atoms with Crippen LogP contribution in [-0.4, -0.2) is 10.8 Å². The summed E-state index contributed by atoms with van der Waals surface area (Å²) in [4.78, 5) is 4.64. The Morgan fingerprint density at radius 3 is 2.53 bits per heavy atom. The van der Waals surface area contributed by atoms with Gasteiger partial charge in [-0.05, 0) is 41.0 Å². The van der Waals surface area contributed by atoms with E-state index in [1.807, 2.05) is 91.0 Å². The number of fused-ring (bicyclic) bond motifs is 1. The van der Waals surface area contributed by atoms with Crippen LogP contribution in [0.3, 0.4) is 0 Å². The van der Waals surface area contributed by atoms with Crippen LogP contribution in [0.2, 0.25) is 0 Å². The van der Waals surface area contributed by atoms with Gasteiger partial charge in [0.05, 0.1) is 11.2 Å². The maximum Gasteiger partial charge on any atom is 0.130 e. The van der Waals surface area contributed by atoms with Crippen LogP contribution in [0.1, 0.15) is 22.4 Å². The second-order valence-corrected chi connectivity index (χ2v) is 7.25. The first-order valence-electron chi connectivity index (χ1n) is 10.2. The van der Waals surface area contributed by atoms with Crippen molar-refractivity contribution in [1.82, 2.24) is 4.98 Å². The molecule has 0 saturated carbocycles. The lowest BCUT2D eigenvalue weighted by molar-refractivity contribution is 0.302. The Labute approximate surface area is 186 Å². The SMILES string of the molecule is N=N/N=C(\N)Cc1ccccc1/C=C/c1ccc(OCc2ccc3ccccc3n2)cc1. The monoisotopic (exact) mass is 421 g/mol. The summed E-state index contributed by atoms with van der Waals surface area (Å²) in [6, 6.07) is 28.0. The number of para-hydroxylation sites is 1. The fourth-order valence-corrected chi connectivity index (χ4v) is 3.36. The molecule has 0 unspecified atom stereocenters. The van der Waals surface area contributed by atoms with Gasteiger partial charge in [-0.25, -0.2) is 4.98 Å². The molecule has 0 spiro atoms. The summed E-state index contributed by atoms with van der Waals surface area (Å²) in [6.07, 6.45) is 4.52. The predicted molar refractivity (Wildman–Crippen MR) is 128 cm³/mol. The molecule has 32 heavy (non-hydrogen) atoms. The van der Waals surface area contributed by atoms with Crippen molar-refractivity contribution < 1.29 is 4.74 Å². The number of ether oxygens (including phenoxy) is 1. The molecule has 0 aliphatic carbocycles. The number of benzene rings is 3. The van der Waals surface area contributed by atoms with Gasteiger partial charge in [-0.3, -0.25) is 0 Å². The molecule has 3 aromatic carbocycles. The average molecular weight is 422 g/mol. The van der Waals surface area contributed by atoms with E-state index in [0.717, 1.165) is 39.0 Å². The standard InChI is InChI=1S/C26H23N5O/c27-26(30-31-28)17-22-7-2-1-5-20(22)12-9-19-10-15-24(16-11-19)32-18-23-14-13-21-6-3-4-8-25(21)29-23/h1-16H,17-18H2,(H3,27,28,30)/b12-9+. The number of nitrogens with one attached hydrogen (secondary N) is 1. The number of hydrogen-bond donors (Lipinski definition) is 2. The van der Waals surface area contributed by atoms with E-state index in [-0.39, 0.29) is 0 Å². The van der Waals surface area contributed by atoms with Crippen molar-refractivity contribution in [1.29, 1.82) is 5.53 Å². The zero-order valence-electron chi connectivity index (χ0n) is 17.5. The van der Waals surface area contributed by atoms with Crippen molar-refractivity contribution >= 4 is 28.9 Å². The smallest absolute Gasteiger partial charge is 0.130 e. The Balaban J connectivity index is 1.40. The molecule has 6 nitrogen and oxygen atoms in total. The second kappa shape index (κ2) is 10.1. The first-order chi connectivity index (χ1) is 15.7. The van der Waals surface area contributed by atoms with Gasteiger partial charge in [-0.1, -0.05) is 78.0 Å². The Morgan fingerprint density at radius 1 is 0.906 bits per heavy atom. The van der Waals surface area contributed by atoms with Crippen LogP contribution in [0.25, 0.3) is 23.1 Å². The quantitative estimate of drug-likeness (QED) is 0.123. The van der Waals surface area contributed by atoms with Crippen LogP contribution in [0.4, 0.5) is 0 Å². The summed E-state index contributed by atoms with van der Waals surface area (Å²) in [5.74, 6) is 1.10. The summed E-state index contributed by atoms with van der Waals surface area (Å²) < 4.78 is 5.91. The van der Waals surface area contributed by atoms with Crippen molar-refractivity contribution in [2.75, 3.05) is 0 Å². The number of nitrogens with two attached hydrogens (primary N) is 1. The van der Waals surface area contributed by atoms with Gasteiger partial charge >= 0.3 is 0 Å². The van der Waals surface area contributed by atoms with Crippen LogP contribution in [0, 0.1) is 5.53 Å². The zero-order valence-corrected chi connectivity index (χ0v) is 17.5. The van der Waals surface area contributed by atoms with Crippen molar-refractivity contribution in [3.8, 4) is 5.75 Å². The number of aromatic nitrogens is 1. The average Bonchev–Trinajstić information content (AvgIpc) is 2.83. The number of hydrogen-bond acceptors (Lipinski definition) is 4. The second-order valence-electron chi connectivity index (χ2n) is 7.25. The molecule has 0 aliphatic heterocycles. The van der Waals surface area contributed by atoms with Gasteiger partial charge in [-0.15, -0.1) is 5.10 Å². The first kappa shape index (κ1) is 20.9. The Kier molecular flexibility index (Phi) is 6.63. The minimum atomic E-state index is 0.309. The van der Waals surface area contributed by atoms with Gasteiger partial charge in [0, 0.05) is 11.8 Å². The third-order valence-corrected chi connectivity index (χ3v) is 4.98. The van der Waals surface area contributed by atoms with Crippen molar-refractivity contribution in [2.45, 2.75) is 13.0 Å². The summed E-state index contributed by atoms with van der Waals surface area (Å²) in [7, 11) is 0. The van der Waals surface area contributed by atoms with E-state index < -0.39 is 0 Å². The molecule has 1 aromatic heterocycles. The lowest BCUT2D eigenvalue weighted by Crippen LogP contribution is -2.14. The fourth-order valence-electron chi connectivity index (χ4n) is 3.36. The fraction of sp³-hybridized carbons (Fsp3) is 0.0769. The molecule has 4 aromatic rings. The van der Waals surface area contributed by atoms with Crippen LogP contribution < -0.4 is 10.5 Å². The molecular weight excluding hydrogens is 398 g/mol. The molecule has 0 atom stereocenters. The third kappa shape index (κ3) is 5.43. The molecule has 0 saturated heterocycles. The molecular formula is C26H23N5O. The van der Waals surface area contributed by atoms with Gasteiger partial charge in [0.1, 0.15) is 18.2 Å². The molecule has 0 aliphatic rings. The predicted octanol–water partition coefficient (Wildman–Crippen LogP) is 5.83. The topological polar surface area (TPSA) is 96.7 Å². The van der Waals surface area contributed by atoms with E-state index in [1.165, 1.54) is 0 Å². The molecule has 0 amide bonds. The van der Waals surface area contributed by atoms with E-state index in [9.17, 15) is 0 Å². The highest BCUT2D eigenvalue weighted by molar-refractivity contribution is 5.84. The van der Waals surface area contributed by atoms with E-state index in [2.05, 4.69) is 21.4 Å². The van der Waals surface area contributed by atoms with E-state index in [0.29, 0.717) is 18.9 Å². The molecule has 4 rings (SSSR count). The van der Waals surface area contributed by atoms with Crippen molar-refractivity contribution in [3.63, 3.8) is 0 Å². The lowest BCUT2D eigenvalue weighted by atomic mass is 10.0. The van der Waals surface area contributed by atoms with Gasteiger partial charge in [0.25, 0.3) is 0 Å². The van der Waals surface area contributed by atoms with Crippen LogP contribution in [0.5, 0.6) is 5.75 Å². The minimum absolute atomic E-state index is 0.309. The molecule has 6 heteroatoms. The molecule has 3 N–H and O–H groups in total. The summed E-state index contributed by atoms with van der Waals surface area (Å²) in [5.41, 5.74) is 17.6. The Hall–Kier alpha value is -4.32. The Morgan fingerprint density at radius 2 is 1.69 bits per heavy atom. The Bertz CT molecular complexity index is 1280. The summed E-state index contributed by atoms with van der Waals surface area (Å²) in [6.45, 7) is 0.418. The van der Waals surface area contributed by atoms with Crippen molar-refractivity contribution in [2.24, 2.45) is 16.1 Å². The van der Waals surface area contributed by atoms with Gasteiger partial charge in [0.2, 0.25) is 0 Å². The highest BCUT2D eigenvalue weighted by Gasteiger charge is 2.03. The molecule has 0 bridgehead atoms. The first-order valence-corrected chi connectivity index (χ1v) is 10.2. The number of amidine groups is 1. The number of nitrogens with zero attached hydrogens (tertiary/aromatic N) is 3. The van der Waals surface area contributed by atoms with Crippen molar-refractivity contribution in [3.05, 3.63) is 107 Å². The van der Waals surface area contributed by atoms with Crippen LogP contribution >= 0.6 is 0 Å². The van der Waals surface area contributed by atoms with E-state index in [4.69, 9.17) is 16.0 Å². The normalized spacial score (nSPS) is 11.7. The largest absolute Gasteiger partial charge is 0.487 e. The third-order valence-electron chi connectivity index (χ3n) is 4.98. The molecule has 1 heterocycles. The highest BCUT2D eigenvalue weighted by Crippen LogP contribution is 2.18. The van der Waals surface area contributed by atoms with Crippen LogP contribution in [0.15, 0.2) is 95.3 Å². The van der Waals surface area contributed by atoms with Crippen LogP contribution in [-0.2, 0) is 13.0 Å². The maximum atomic E-state index is 6.80. The molecule has 0 fully saturated rings. The van der Waals surface area contributed by atoms with E-state index in [1.54, 1.807) is 0 Å². The molecule has 158 valence electrons. The van der Waals surface area contributed by atoms with E-state index >= 15 is 0 Å². The van der Waals surface area contributed by atoms with Gasteiger partial charge in [0.15, 0.2) is 0 Å². The summed E-state index contributed by atoms with van der Waals surface area (Å²) >= 11 is 0. The number of rotatable bonds is 8. The minimum Gasteiger partial charge on any atom is -0.487 e. The number of pyridine rings is 1.